The Morgan fingerprint density at radius 1 is 1.65 bits per heavy atom. The predicted octanol–water partition coefficient (Wildman–Crippen LogP) is 0.707. The molecule has 0 aliphatic carbocycles. The van der Waals surface area contributed by atoms with E-state index in [0.29, 0.717) is 15.7 Å². The van der Waals surface area contributed by atoms with Crippen LogP contribution in [0.1, 0.15) is 10.4 Å². The van der Waals surface area contributed by atoms with Crippen molar-refractivity contribution in [2.24, 2.45) is 0 Å². The Kier molecular flexibility index (Phi) is 2.99. The van der Waals surface area contributed by atoms with Crippen LogP contribution < -0.4 is 5.73 Å². The van der Waals surface area contributed by atoms with Crippen molar-refractivity contribution in [1.29, 1.82) is 0 Å². The summed E-state index contributed by atoms with van der Waals surface area (Å²) in [7, 11) is 2.92. The van der Waals surface area contributed by atoms with Crippen molar-refractivity contribution in [2.75, 3.05) is 19.9 Å². The zero-order valence-corrected chi connectivity index (χ0v) is 10.8. The second-order valence-corrected chi connectivity index (χ2v) is 4.08. The maximum atomic E-state index is 12.0. The van der Waals surface area contributed by atoms with Crippen molar-refractivity contribution >= 4 is 33.2 Å². The quantitative estimate of drug-likeness (QED) is 0.825. The Hall–Kier alpha value is -1.67. The number of amides is 1. The number of nitrogens with zero attached hydrogens (tertiary/aromatic N) is 4. The number of rotatable bonds is 2. The van der Waals surface area contributed by atoms with Gasteiger partial charge in [-0.1, -0.05) is 0 Å². The summed E-state index contributed by atoms with van der Waals surface area (Å²) in [6.07, 6.45) is 1.32. The highest BCUT2D eigenvalue weighted by molar-refractivity contribution is 9.10. The smallest absolute Gasteiger partial charge is 0.279 e. The average molecular weight is 300 g/mol. The summed E-state index contributed by atoms with van der Waals surface area (Å²) in [5.41, 5.74) is 6.57. The molecule has 8 heteroatoms. The minimum atomic E-state index is -0.322. The zero-order chi connectivity index (χ0) is 12.6. The molecule has 0 atom stereocenters. The monoisotopic (exact) mass is 299 g/mol. The van der Waals surface area contributed by atoms with Crippen molar-refractivity contribution in [1.82, 2.24) is 19.7 Å². The summed E-state index contributed by atoms with van der Waals surface area (Å²) in [6, 6.07) is 1.62. The number of nitrogens with two attached hydrogens (primary N) is 1. The van der Waals surface area contributed by atoms with Gasteiger partial charge in [-0.3, -0.25) is 9.63 Å². The molecule has 0 unspecified atom stereocenters. The highest BCUT2D eigenvalue weighted by atomic mass is 79.9. The van der Waals surface area contributed by atoms with Crippen LogP contribution in [0, 0.1) is 0 Å². The number of carbonyl (C=O) groups excluding carboxylic acids is 1. The first-order valence-electron chi connectivity index (χ1n) is 4.66. The van der Waals surface area contributed by atoms with Gasteiger partial charge in [0.25, 0.3) is 5.91 Å². The van der Waals surface area contributed by atoms with Gasteiger partial charge in [0.05, 0.1) is 12.7 Å². The van der Waals surface area contributed by atoms with Gasteiger partial charge in [-0.25, -0.2) is 14.6 Å². The standard InChI is InChI=1S/C9H10BrN5O2/c1-14(17-2)9(16)5-3-6(10)15-7(5)8(11)12-4-13-15/h3-4H,1-2H3,(H2,11,12,13). The molecule has 7 nitrogen and oxygen atoms in total. The Labute approximate surface area is 105 Å². The predicted molar refractivity (Wildman–Crippen MR) is 64.2 cm³/mol. The van der Waals surface area contributed by atoms with E-state index in [1.54, 1.807) is 6.07 Å². The second kappa shape index (κ2) is 4.30. The van der Waals surface area contributed by atoms with E-state index in [2.05, 4.69) is 26.0 Å². The number of fused-ring (bicyclic) bond motifs is 1. The normalized spacial score (nSPS) is 10.8. The zero-order valence-electron chi connectivity index (χ0n) is 9.22. The third kappa shape index (κ3) is 1.85. The van der Waals surface area contributed by atoms with Crippen LogP contribution in [0.25, 0.3) is 5.52 Å². The number of halogens is 1. The molecule has 2 aromatic rings. The molecule has 2 heterocycles. The minimum absolute atomic E-state index is 0.235. The Morgan fingerprint density at radius 3 is 3.00 bits per heavy atom. The fourth-order valence-corrected chi connectivity index (χ4v) is 1.94. The summed E-state index contributed by atoms with van der Waals surface area (Å²) >= 11 is 3.30. The van der Waals surface area contributed by atoms with E-state index in [0.717, 1.165) is 5.06 Å². The van der Waals surface area contributed by atoms with Crippen LogP contribution in [-0.4, -0.2) is 39.7 Å². The molecule has 0 radical (unpaired) electrons. The summed E-state index contributed by atoms with van der Waals surface area (Å²) in [6.45, 7) is 0. The van der Waals surface area contributed by atoms with Crippen LogP contribution in [0.3, 0.4) is 0 Å². The molecule has 0 aromatic carbocycles. The van der Waals surface area contributed by atoms with Gasteiger partial charge < -0.3 is 5.73 Å². The molecule has 0 bridgehead atoms. The average Bonchev–Trinajstić information content (AvgIpc) is 2.66. The molecular formula is C9H10BrN5O2. The third-order valence-corrected chi connectivity index (χ3v) is 2.89. The van der Waals surface area contributed by atoms with Crippen molar-refractivity contribution in [3.63, 3.8) is 0 Å². The van der Waals surface area contributed by atoms with Gasteiger partial charge in [0, 0.05) is 7.05 Å². The number of hydrogen-bond acceptors (Lipinski definition) is 5. The van der Waals surface area contributed by atoms with Gasteiger partial charge in [0.1, 0.15) is 16.4 Å². The van der Waals surface area contributed by atoms with Crippen LogP contribution in [0.2, 0.25) is 0 Å². The molecule has 2 aromatic heterocycles. The van der Waals surface area contributed by atoms with Gasteiger partial charge in [0.15, 0.2) is 5.82 Å². The van der Waals surface area contributed by atoms with E-state index in [4.69, 9.17) is 10.6 Å². The molecule has 2 rings (SSSR count). The maximum Gasteiger partial charge on any atom is 0.279 e. The molecule has 0 spiro atoms. The molecule has 0 aliphatic rings. The van der Waals surface area contributed by atoms with Crippen LogP contribution >= 0.6 is 15.9 Å². The highest BCUT2D eigenvalue weighted by Crippen LogP contribution is 2.24. The summed E-state index contributed by atoms with van der Waals surface area (Å²) in [4.78, 5) is 20.7. The van der Waals surface area contributed by atoms with E-state index in [-0.39, 0.29) is 11.7 Å². The van der Waals surface area contributed by atoms with Crippen LogP contribution in [0.4, 0.5) is 5.82 Å². The largest absolute Gasteiger partial charge is 0.382 e. The van der Waals surface area contributed by atoms with Gasteiger partial charge in [0.2, 0.25) is 0 Å². The number of nitrogen functional groups attached to an aromatic ring is 1. The van der Waals surface area contributed by atoms with Crippen molar-refractivity contribution in [3.05, 3.63) is 22.6 Å². The Balaban J connectivity index is 2.66. The first kappa shape index (κ1) is 11.8. The topological polar surface area (TPSA) is 85.8 Å². The third-order valence-electron chi connectivity index (χ3n) is 2.33. The molecule has 0 aliphatic heterocycles. The number of carbonyl (C=O) groups is 1. The summed E-state index contributed by atoms with van der Waals surface area (Å²) in [5, 5.41) is 5.10. The van der Waals surface area contributed by atoms with Crippen LogP contribution in [-0.2, 0) is 4.84 Å². The van der Waals surface area contributed by atoms with Gasteiger partial charge in [-0.15, -0.1) is 0 Å². The Morgan fingerprint density at radius 2 is 2.35 bits per heavy atom. The van der Waals surface area contributed by atoms with E-state index in [1.807, 2.05) is 0 Å². The number of hydroxylamine groups is 2. The maximum absolute atomic E-state index is 12.0. The van der Waals surface area contributed by atoms with Crippen LogP contribution in [0.15, 0.2) is 17.0 Å². The molecule has 90 valence electrons. The van der Waals surface area contributed by atoms with Crippen molar-refractivity contribution < 1.29 is 9.63 Å². The molecule has 0 fully saturated rings. The molecule has 17 heavy (non-hydrogen) atoms. The SMILES string of the molecule is CON(C)C(=O)c1cc(Br)n2ncnc(N)c12. The fourth-order valence-electron chi connectivity index (χ4n) is 1.45. The van der Waals surface area contributed by atoms with E-state index < -0.39 is 0 Å². The highest BCUT2D eigenvalue weighted by Gasteiger charge is 2.20. The second-order valence-electron chi connectivity index (χ2n) is 3.27. The van der Waals surface area contributed by atoms with Crippen molar-refractivity contribution in [2.45, 2.75) is 0 Å². The lowest BCUT2D eigenvalue weighted by molar-refractivity contribution is -0.0755. The number of anilines is 1. The Bertz CT molecular complexity index is 582. The molecular weight excluding hydrogens is 290 g/mol. The van der Waals surface area contributed by atoms with Crippen molar-refractivity contribution in [3.8, 4) is 0 Å². The first-order valence-corrected chi connectivity index (χ1v) is 5.45. The number of aromatic nitrogens is 3. The minimum Gasteiger partial charge on any atom is -0.382 e. The van der Waals surface area contributed by atoms with Gasteiger partial charge in [-0.05, 0) is 22.0 Å². The summed E-state index contributed by atoms with van der Waals surface area (Å²) in [5.74, 6) is -0.0873. The molecule has 0 saturated carbocycles. The van der Waals surface area contributed by atoms with Gasteiger partial charge >= 0.3 is 0 Å². The lowest BCUT2D eigenvalue weighted by atomic mass is 10.2. The molecule has 1 amide bonds. The van der Waals surface area contributed by atoms with Gasteiger partial charge in [-0.2, -0.15) is 5.10 Å². The lowest BCUT2D eigenvalue weighted by Gasteiger charge is -2.12. The molecule has 2 N–H and O–H groups in total. The number of hydrogen-bond donors (Lipinski definition) is 1. The van der Waals surface area contributed by atoms with Crippen LogP contribution in [0.5, 0.6) is 0 Å². The van der Waals surface area contributed by atoms with E-state index in [1.165, 1.54) is 25.0 Å². The molecule has 0 saturated heterocycles. The van der Waals surface area contributed by atoms with E-state index >= 15 is 0 Å². The lowest BCUT2D eigenvalue weighted by Crippen LogP contribution is -2.25. The first-order chi connectivity index (χ1) is 8.06. The van der Waals surface area contributed by atoms with E-state index in [9.17, 15) is 4.79 Å². The fraction of sp³-hybridized carbons (Fsp3) is 0.222. The summed E-state index contributed by atoms with van der Waals surface area (Å²) < 4.78 is 2.12.